The summed E-state index contributed by atoms with van der Waals surface area (Å²) in [5.41, 5.74) is 2.83. The van der Waals surface area contributed by atoms with Crippen LogP contribution in [0.4, 0.5) is 10.1 Å². The number of carbonyl (C=O) groups excluding carboxylic acids is 2. The van der Waals surface area contributed by atoms with E-state index in [1.54, 1.807) is 24.5 Å². The largest absolute Gasteiger partial charge is 0.351 e. The highest BCUT2D eigenvalue weighted by atomic mass is 19.1. The number of carbonyl (C=O) groups is 2. The second kappa shape index (κ2) is 11.3. The van der Waals surface area contributed by atoms with Gasteiger partial charge in [0.05, 0.1) is 0 Å². The van der Waals surface area contributed by atoms with Gasteiger partial charge in [-0.1, -0.05) is 42.7 Å². The van der Waals surface area contributed by atoms with Crippen molar-refractivity contribution in [3.8, 4) is 11.4 Å². The molecule has 0 radical (unpaired) electrons. The zero-order valence-electron chi connectivity index (χ0n) is 21.0. The van der Waals surface area contributed by atoms with Gasteiger partial charge in [-0.3, -0.25) is 19.5 Å². The van der Waals surface area contributed by atoms with Crippen molar-refractivity contribution >= 4 is 17.5 Å². The zero-order valence-corrected chi connectivity index (χ0v) is 21.0. The molecule has 1 aliphatic rings. The van der Waals surface area contributed by atoms with Crippen molar-refractivity contribution in [1.29, 1.82) is 0 Å². The molecule has 0 aliphatic heterocycles. The number of hydrogen-bond acceptors (Lipinski definition) is 6. The topological polar surface area (TPSA) is 106 Å². The maximum atomic E-state index is 13.9. The van der Waals surface area contributed by atoms with Crippen molar-refractivity contribution in [2.45, 2.75) is 51.2 Å². The fourth-order valence-electron chi connectivity index (χ4n) is 4.68. The number of tetrazole rings is 1. The van der Waals surface area contributed by atoms with Crippen molar-refractivity contribution in [1.82, 2.24) is 30.5 Å². The molecular formula is C28H28FN7O2. The highest BCUT2D eigenvalue weighted by Gasteiger charge is 2.34. The van der Waals surface area contributed by atoms with E-state index in [-0.39, 0.29) is 18.5 Å². The molecule has 1 aliphatic carbocycles. The Balaban J connectivity index is 1.48. The van der Waals surface area contributed by atoms with Gasteiger partial charge in [-0.15, -0.1) is 10.2 Å². The van der Waals surface area contributed by atoms with E-state index < -0.39 is 17.8 Å². The first-order valence-electron chi connectivity index (χ1n) is 12.6. The van der Waals surface area contributed by atoms with Crippen LogP contribution in [0.5, 0.6) is 0 Å². The predicted molar refractivity (Wildman–Crippen MR) is 139 cm³/mol. The number of aromatic nitrogens is 5. The number of pyridine rings is 1. The molecule has 10 heteroatoms. The van der Waals surface area contributed by atoms with Gasteiger partial charge < -0.3 is 5.32 Å². The number of aryl methyl sites for hydroxylation is 1. The van der Waals surface area contributed by atoms with E-state index in [1.807, 2.05) is 31.2 Å². The molecule has 2 amide bonds. The Bertz CT molecular complexity index is 1380. The van der Waals surface area contributed by atoms with Crippen LogP contribution in [0.1, 0.15) is 42.9 Å². The Kier molecular flexibility index (Phi) is 7.48. The summed E-state index contributed by atoms with van der Waals surface area (Å²) in [5.74, 6) is -0.825. The number of hydrogen-bond donors (Lipinski definition) is 1. The van der Waals surface area contributed by atoms with Gasteiger partial charge in [-0.25, -0.2) is 4.39 Å². The van der Waals surface area contributed by atoms with Crippen LogP contribution in [0.15, 0.2) is 73.1 Å². The molecule has 38 heavy (non-hydrogen) atoms. The maximum Gasteiger partial charge on any atom is 0.251 e. The number of benzene rings is 2. The standard InChI is InChI=1S/C28H28FN7O2/c1-19-6-8-21(9-7-19)27-32-34-35(33-27)18-25(37)36(24-12-10-22(29)11-13-24)26(20-14-16-30-17-15-20)28(38)31-23-4-2-3-5-23/h6-17,23,26H,2-5,18H2,1H3,(H,31,38). The van der Waals surface area contributed by atoms with E-state index in [0.29, 0.717) is 17.1 Å². The van der Waals surface area contributed by atoms with Gasteiger partial charge in [0, 0.05) is 29.7 Å². The molecule has 5 rings (SSSR count). The summed E-state index contributed by atoms with van der Waals surface area (Å²) >= 11 is 0. The highest BCUT2D eigenvalue weighted by molar-refractivity contribution is 6.01. The van der Waals surface area contributed by atoms with Gasteiger partial charge in [0.25, 0.3) is 5.91 Å². The SMILES string of the molecule is Cc1ccc(-c2nnn(CC(=O)N(c3ccc(F)cc3)C(C(=O)NC3CCCC3)c3ccncc3)n2)cc1. The van der Waals surface area contributed by atoms with E-state index in [4.69, 9.17) is 0 Å². The van der Waals surface area contributed by atoms with Crippen LogP contribution < -0.4 is 10.2 Å². The fraction of sp³-hybridized carbons (Fsp3) is 0.286. The minimum atomic E-state index is -1.00. The Morgan fingerprint density at radius 2 is 1.71 bits per heavy atom. The van der Waals surface area contributed by atoms with Crippen LogP contribution in [0, 0.1) is 12.7 Å². The molecular weight excluding hydrogens is 485 g/mol. The second-order valence-electron chi connectivity index (χ2n) is 9.42. The molecule has 0 spiro atoms. The van der Waals surface area contributed by atoms with E-state index >= 15 is 0 Å². The third kappa shape index (κ3) is 5.74. The van der Waals surface area contributed by atoms with Crippen LogP contribution in [-0.2, 0) is 16.1 Å². The minimum absolute atomic E-state index is 0.0473. The third-order valence-corrected chi connectivity index (χ3v) is 6.64. The van der Waals surface area contributed by atoms with E-state index in [0.717, 1.165) is 36.8 Å². The minimum Gasteiger partial charge on any atom is -0.351 e. The molecule has 0 saturated heterocycles. The number of nitrogens with one attached hydrogen (secondary N) is 1. The van der Waals surface area contributed by atoms with Crippen LogP contribution in [0.3, 0.4) is 0 Å². The number of anilines is 1. The van der Waals surface area contributed by atoms with Crippen LogP contribution in [-0.4, -0.2) is 43.0 Å². The van der Waals surface area contributed by atoms with Gasteiger partial charge in [-0.05, 0) is 66.9 Å². The summed E-state index contributed by atoms with van der Waals surface area (Å²) in [6, 6.07) is 15.6. The smallest absolute Gasteiger partial charge is 0.251 e. The lowest BCUT2D eigenvalue weighted by atomic mass is 10.0. The van der Waals surface area contributed by atoms with E-state index in [9.17, 15) is 14.0 Å². The maximum absolute atomic E-state index is 13.9. The average Bonchev–Trinajstić information content (AvgIpc) is 3.61. The average molecular weight is 514 g/mol. The van der Waals surface area contributed by atoms with Crippen LogP contribution >= 0.6 is 0 Å². The molecule has 1 saturated carbocycles. The lowest BCUT2D eigenvalue weighted by molar-refractivity contribution is -0.127. The Morgan fingerprint density at radius 3 is 2.39 bits per heavy atom. The second-order valence-corrected chi connectivity index (χ2v) is 9.42. The quantitative estimate of drug-likeness (QED) is 0.382. The third-order valence-electron chi connectivity index (χ3n) is 6.64. The highest BCUT2D eigenvalue weighted by Crippen LogP contribution is 2.29. The number of amides is 2. The molecule has 9 nitrogen and oxygen atoms in total. The fourth-order valence-corrected chi connectivity index (χ4v) is 4.68. The molecule has 4 aromatic rings. The van der Waals surface area contributed by atoms with Gasteiger partial charge in [-0.2, -0.15) is 4.80 Å². The number of nitrogens with zero attached hydrogens (tertiary/aromatic N) is 6. The molecule has 2 aromatic heterocycles. The van der Waals surface area contributed by atoms with Crippen molar-refractivity contribution in [2.24, 2.45) is 0 Å². The monoisotopic (exact) mass is 513 g/mol. The lowest BCUT2D eigenvalue weighted by Crippen LogP contribution is -2.47. The summed E-state index contributed by atoms with van der Waals surface area (Å²) in [6.07, 6.45) is 7.03. The summed E-state index contributed by atoms with van der Waals surface area (Å²) in [5, 5.41) is 15.6. The van der Waals surface area contributed by atoms with Gasteiger partial charge >= 0.3 is 0 Å². The zero-order chi connectivity index (χ0) is 26.5. The van der Waals surface area contributed by atoms with Crippen molar-refractivity contribution < 1.29 is 14.0 Å². The van der Waals surface area contributed by atoms with E-state index in [2.05, 4.69) is 25.7 Å². The molecule has 0 bridgehead atoms. The van der Waals surface area contributed by atoms with Gasteiger partial charge in [0.1, 0.15) is 18.4 Å². The summed E-state index contributed by atoms with van der Waals surface area (Å²) in [4.78, 5) is 34.2. The Morgan fingerprint density at radius 1 is 1.03 bits per heavy atom. The molecule has 2 heterocycles. The first-order chi connectivity index (χ1) is 18.5. The van der Waals surface area contributed by atoms with Crippen LogP contribution in [0.2, 0.25) is 0 Å². The molecule has 1 fully saturated rings. The van der Waals surface area contributed by atoms with Gasteiger partial charge in [0.2, 0.25) is 11.7 Å². The summed E-state index contributed by atoms with van der Waals surface area (Å²) < 4.78 is 13.8. The van der Waals surface area contributed by atoms with Crippen LogP contribution in [0.25, 0.3) is 11.4 Å². The number of halogens is 1. The predicted octanol–water partition coefficient (Wildman–Crippen LogP) is 4.02. The lowest BCUT2D eigenvalue weighted by Gasteiger charge is -2.32. The normalized spacial score (nSPS) is 14.3. The first kappa shape index (κ1) is 25.2. The molecule has 194 valence electrons. The summed E-state index contributed by atoms with van der Waals surface area (Å²) in [6.45, 7) is 1.72. The van der Waals surface area contributed by atoms with Crippen molar-refractivity contribution in [2.75, 3.05) is 4.90 Å². The molecule has 1 N–H and O–H groups in total. The van der Waals surface area contributed by atoms with Crippen molar-refractivity contribution in [3.05, 3.63) is 90.0 Å². The Hall–Kier alpha value is -4.47. The Labute approximate surface area is 219 Å². The molecule has 1 unspecified atom stereocenters. The molecule has 2 aromatic carbocycles. The van der Waals surface area contributed by atoms with Gasteiger partial charge in [0.15, 0.2) is 0 Å². The van der Waals surface area contributed by atoms with E-state index in [1.165, 1.54) is 34.0 Å². The first-order valence-corrected chi connectivity index (χ1v) is 12.6. The molecule has 1 atom stereocenters. The van der Waals surface area contributed by atoms with Crippen molar-refractivity contribution in [3.63, 3.8) is 0 Å². The summed E-state index contributed by atoms with van der Waals surface area (Å²) in [7, 11) is 0. The number of rotatable bonds is 8.